The molecule has 2 aliphatic rings. The van der Waals surface area contributed by atoms with E-state index in [0.717, 1.165) is 24.3 Å². The van der Waals surface area contributed by atoms with Gasteiger partial charge in [-0.15, -0.1) is 0 Å². The second kappa shape index (κ2) is 8.38. The maximum atomic E-state index is 13.6. The van der Waals surface area contributed by atoms with Crippen molar-refractivity contribution in [1.29, 1.82) is 0 Å². The molecule has 8 nitrogen and oxygen atoms in total. The van der Waals surface area contributed by atoms with Gasteiger partial charge in [-0.25, -0.2) is 8.42 Å². The summed E-state index contributed by atoms with van der Waals surface area (Å²) in [6.07, 6.45) is 1.54. The van der Waals surface area contributed by atoms with Crippen LogP contribution in [0, 0.1) is 0 Å². The lowest BCUT2D eigenvalue weighted by atomic mass is 9.86. The zero-order valence-electron chi connectivity index (χ0n) is 18.2. The Morgan fingerprint density at radius 1 is 1.16 bits per heavy atom. The van der Waals surface area contributed by atoms with Crippen molar-refractivity contribution in [2.45, 2.75) is 30.7 Å². The van der Waals surface area contributed by atoms with E-state index in [1.165, 1.54) is 4.31 Å². The zero-order chi connectivity index (χ0) is 22.2. The average Bonchev–Trinajstić information content (AvgIpc) is 3.34. The molecule has 0 unspecified atom stereocenters. The largest absolute Gasteiger partial charge is 0.468 e. The molecule has 3 heterocycles. The second-order valence-corrected chi connectivity index (χ2v) is 10.5. The van der Waals surface area contributed by atoms with Crippen LogP contribution in [0.15, 0.2) is 45.9 Å². The van der Waals surface area contributed by atoms with E-state index in [2.05, 4.69) is 4.90 Å². The summed E-state index contributed by atoms with van der Waals surface area (Å²) in [5, 5.41) is 0. The van der Waals surface area contributed by atoms with Gasteiger partial charge in [0.1, 0.15) is 5.76 Å². The minimum Gasteiger partial charge on any atom is -0.468 e. The van der Waals surface area contributed by atoms with E-state index >= 15 is 0 Å². The number of furan rings is 1. The van der Waals surface area contributed by atoms with Crippen LogP contribution in [0.4, 0.5) is 5.69 Å². The van der Waals surface area contributed by atoms with E-state index in [1.807, 2.05) is 13.8 Å². The number of nitrogens with zero attached hydrogens (tertiary/aromatic N) is 3. The topological polar surface area (TPSA) is 83.3 Å². The Balaban J connectivity index is 1.64. The van der Waals surface area contributed by atoms with Crippen LogP contribution in [0.3, 0.4) is 0 Å². The van der Waals surface area contributed by atoms with Crippen LogP contribution in [0.1, 0.15) is 25.2 Å². The van der Waals surface area contributed by atoms with Crippen LogP contribution >= 0.6 is 0 Å². The lowest BCUT2D eigenvalue weighted by Crippen LogP contribution is -2.42. The number of ether oxygens (including phenoxy) is 1. The molecule has 4 rings (SSSR count). The third-order valence-corrected chi connectivity index (χ3v) is 8.00. The molecule has 0 N–H and O–H groups in total. The molecule has 2 aromatic rings. The molecule has 1 saturated heterocycles. The fourth-order valence-corrected chi connectivity index (χ4v) is 5.62. The molecule has 0 aliphatic carbocycles. The summed E-state index contributed by atoms with van der Waals surface area (Å²) < 4.78 is 39.6. The van der Waals surface area contributed by atoms with Gasteiger partial charge in [-0.1, -0.05) is 0 Å². The number of anilines is 1. The van der Waals surface area contributed by atoms with Crippen molar-refractivity contribution in [3.05, 3.63) is 47.9 Å². The molecule has 31 heavy (non-hydrogen) atoms. The lowest BCUT2D eigenvalue weighted by Gasteiger charge is -2.29. The Labute approximate surface area is 183 Å². The van der Waals surface area contributed by atoms with E-state index in [4.69, 9.17) is 9.15 Å². The zero-order valence-corrected chi connectivity index (χ0v) is 19.0. The summed E-state index contributed by atoms with van der Waals surface area (Å²) in [5.41, 5.74) is 0.710. The summed E-state index contributed by atoms with van der Waals surface area (Å²) in [5.74, 6) is 0.541. The summed E-state index contributed by atoms with van der Waals surface area (Å²) in [6, 6.07) is 8.49. The van der Waals surface area contributed by atoms with Crippen molar-refractivity contribution in [3.63, 3.8) is 0 Å². The third kappa shape index (κ3) is 4.15. The van der Waals surface area contributed by atoms with Crippen LogP contribution < -0.4 is 4.90 Å². The van der Waals surface area contributed by atoms with E-state index in [9.17, 15) is 13.2 Å². The van der Waals surface area contributed by atoms with Gasteiger partial charge in [0.15, 0.2) is 0 Å². The summed E-state index contributed by atoms with van der Waals surface area (Å²) >= 11 is 0. The maximum Gasteiger partial charge on any atom is 0.243 e. The molecule has 1 aromatic heterocycles. The molecule has 0 spiro atoms. The number of hydrogen-bond donors (Lipinski definition) is 0. The Kier molecular flexibility index (Phi) is 5.95. The fraction of sp³-hybridized carbons (Fsp3) is 0.500. The molecule has 0 bridgehead atoms. The van der Waals surface area contributed by atoms with Crippen LogP contribution in [0.25, 0.3) is 0 Å². The van der Waals surface area contributed by atoms with Crippen molar-refractivity contribution in [2.75, 3.05) is 51.3 Å². The molecular weight excluding hydrogens is 418 g/mol. The molecule has 9 heteroatoms. The standard InChI is InChI=1S/C22H29N3O5S/c1-22(2)19-15-18(6-7-20(19)23(3)21(22)26)31(27,28)25(16-17-5-4-12-30-17)9-8-24-10-13-29-14-11-24/h4-7,12,15H,8-11,13-14,16H2,1-3H3. The first-order chi connectivity index (χ1) is 14.7. The number of amides is 1. The number of sulfonamides is 1. The van der Waals surface area contributed by atoms with Gasteiger partial charge in [-0.2, -0.15) is 4.31 Å². The first kappa shape index (κ1) is 22.0. The van der Waals surface area contributed by atoms with Gasteiger partial charge < -0.3 is 14.1 Å². The predicted octanol–water partition coefficient (Wildman–Crippen LogP) is 2.06. The monoisotopic (exact) mass is 447 g/mol. The molecule has 0 atom stereocenters. The number of likely N-dealkylation sites (N-methyl/N-ethyl adjacent to an activating group) is 1. The van der Waals surface area contributed by atoms with Crippen LogP contribution in [0.5, 0.6) is 0 Å². The summed E-state index contributed by atoms with van der Waals surface area (Å²) in [7, 11) is -2.08. The van der Waals surface area contributed by atoms with Crippen molar-refractivity contribution in [3.8, 4) is 0 Å². The molecule has 1 amide bonds. The highest BCUT2D eigenvalue weighted by molar-refractivity contribution is 7.89. The van der Waals surface area contributed by atoms with Crippen molar-refractivity contribution in [1.82, 2.24) is 9.21 Å². The molecule has 168 valence electrons. The SMILES string of the molecule is CN1C(=O)C(C)(C)c2cc(S(=O)(=O)N(CCN3CCOCC3)Cc3ccco3)ccc21. The highest BCUT2D eigenvalue weighted by atomic mass is 32.2. The maximum absolute atomic E-state index is 13.6. The Morgan fingerprint density at radius 3 is 2.58 bits per heavy atom. The highest BCUT2D eigenvalue weighted by Gasteiger charge is 2.43. The third-order valence-electron chi connectivity index (χ3n) is 6.16. The number of rotatable bonds is 7. The number of benzene rings is 1. The number of hydrogen-bond acceptors (Lipinski definition) is 6. The number of morpholine rings is 1. The summed E-state index contributed by atoms with van der Waals surface area (Å²) in [4.78, 5) is 16.6. The van der Waals surface area contributed by atoms with Gasteiger partial charge in [0.05, 0.1) is 36.3 Å². The minimum absolute atomic E-state index is 0.0446. The van der Waals surface area contributed by atoms with E-state index < -0.39 is 15.4 Å². The normalized spacial score (nSPS) is 19.2. The van der Waals surface area contributed by atoms with Crippen molar-refractivity contribution in [2.24, 2.45) is 0 Å². The highest BCUT2D eigenvalue weighted by Crippen LogP contribution is 2.42. The smallest absolute Gasteiger partial charge is 0.243 e. The first-order valence-electron chi connectivity index (χ1n) is 10.5. The molecular formula is C22H29N3O5S. The first-order valence-corrected chi connectivity index (χ1v) is 11.9. The number of carbonyl (C=O) groups excluding carboxylic acids is 1. The summed E-state index contributed by atoms with van der Waals surface area (Å²) in [6.45, 7) is 7.65. The number of carbonyl (C=O) groups is 1. The van der Waals surface area contributed by atoms with Gasteiger partial charge in [0.25, 0.3) is 0 Å². The van der Waals surface area contributed by atoms with E-state index in [-0.39, 0.29) is 17.3 Å². The average molecular weight is 448 g/mol. The molecule has 1 fully saturated rings. The molecule has 1 aromatic carbocycles. The van der Waals surface area contributed by atoms with Crippen LogP contribution in [-0.4, -0.2) is 70.0 Å². The van der Waals surface area contributed by atoms with Gasteiger partial charge in [0.2, 0.25) is 15.9 Å². The minimum atomic E-state index is -3.80. The second-order valence-electron chi connectivity index (χ2n) is 8.54. The van der Waals surface area contributed by atoms with Crippen molar-refractivity contribution < 1.29 is 22.4 Å². The predicted molar refractivity (Wildman–Crippen MR) is 116 cm³/mol. The van der Waals surface area contributed by atoms with E-state index in [0.29, 0.717) is 32.1 Å². The van der Waals surface area contributed by atoms with Gasteiger partial charge in [0, 0.05) is 38.9 Å². The molecule has 2 aliphatic heterocycles. The Morgan fingerprint density at radius 2 is 1.90 bits per heavy atom. The van der Waals surface area contributed by atoms with Crippen molar-refractivity contribution >= 4 is 21.6 Å². The number of fused-ring (bicyclic) bond motifs is 1. The van der Waals surface area contributed by atoms with Gasteiger partial charge in [-0.05, 0) is 49.7 Å². The van der Waals surface area contributed by atoms with Gasteiger partial charge in [-0.3, -0.25) is 9.69 Å². The van der Waals surface area contributed by atoms with Crippen LogP contribution in [0.2, 0.25) is 0 Å². The van der Waals surface area contributed by atoms with Crippen LogP contribution in [-0.2, 0) is 31.5 Å². The Hall–Kier alpha value is -2.20. The lowest BCUT2D eigenvalue weighted by molar-refractivity contribution is -0.121. The quantitative estimate of drug-likeness (QED) is 0.646. The van der Waals surface area contributed by atoms with Gasteiger partial charge >= 0.3 is 0 Å². The fourth-order valence-electron chi connectivity index (χ4n) is 4.20. The molecule has 0 radical (unpaired) electrons. The molecule has 0 saturated carbocycles. The Bertz CT molecular complexity index is 1040. The van der Waals surface area contributed by atoms with E-state index in [1.54, 1.807) is 48.5 Å².